The Morgan fingerprint density at radius 3 is 2.55 bits per heavy atom. The maximum absolute atomic E-state index is 12.2. The van der Waals surface area contributed by atoms with Crippen molar-refractivity contribution < 1.29 is 4.79 Å². The maximum atomic E-state index is 12.2. The van der Waals surface area contributed by atoms with Crippen LogP contribution in [-0.4, -0.2) is 5.91 Å². The van der Waals surface area contributed by atoms with Crippen LogP contribution in [0, 0.1) is 25.2 Å². The summed E-state index contributed by atoms with van der Waals surface area (Å²) >= 11 is 3.40. The number of nitrogens with zero attached hydrogens (tertiary/aromatic N) is 1. The van der Waals surface area contributed by atoms with Crippen LogP contribution in [0.1, 0.15) is 16.7 Å². The van der Waals surface area contributed by atoms with Gasteiger partial charge >= 0.3 is 0 Å². The van der Waals surface area contributed by atoms with Gasteiger partial charge in [-0.15, -0.1) is 0 Å². The van der Waals surface area contributed by atoms with E-state index >= 15 is 0 Å². The molecular formula is C18H15BrN2O. The molecular weight excluding hydrogens is 340 g/mol. The molecule has 0 radical (unpaired) electrons. The van der Waals surface area contributed by atoms with Crippen LogP contribution < -0.4 is 5.32 Å². The highest BCUT2D eigenvalue weighted by atomic mass is 79.9. The quantitative estimate of drug-likeness (QED) is 0.646. The Balaban J connectivity index is 2.24. The van der Waals surface area contributed by atoms with Gasteiger partial charge in [-0.25, -0.2) is 0 Å². The number of nitrogens with one attached hydrogen (secondary N) is 1. The molecule has 0 fully saturated rings. The van der Waals surface area contributed by atoms with Gasteiger partial charge in [0.1, 0.15) is 11.6 Å². The second-order valence-electron chi connectivity index (χ2n) is 4.94. The Hall–Kier alpha value is -2.38. The zero-order valence-electron chi connectivity index (χ0n) is 12.4. The lowest BCUT2D eigenvalue weighted by Gasteiger charge is -2.07. The van der Waals surface area contributed by atoms with E-state index in [1.807, 2.05) is 62.4 Å². The van der Waals surface area contributed by atoms with Gasteiger partial charge in [-0.3, -0.25) is 4.79 Å². The first kappa shape index (κ1) is 16.0. The molecule has 0 saturated heterocycles. The van der Waals surface area contributed by atoms with E-state index in [-0.39, 0.29) is 5.57 Å². The molecule has 0 heterocycles. The van der Waals surface area contributed by atoms with Crippen molar-refractivity contribution in [1.82, 2.24) is 0 Å². The number of halogens is 1. The van der Waals surface area contributed by atoms with Gasteiger partial charge in [0.25, 0.3) is 5.91 Å². The molecule has 3 nitrogen and oxygen atoms in total. The minimum absolute atomic E-state index is 0.0603. The smallest absolute Gasteiger partial charge is 0.266 e. The Labute approximate surface area is 138 Å². The van der Waals surface area contributed by atoms with Gasteiger partial charge in [0.2, 0.25) is 0 Å². The van der Waals surface area contributed by atoms with Crippen LogP contribution in [-0.2, 0) is 4.79 Å². The SMILES string of the molecule is Cc1ccc(NC(=O)C(C#N)=Cc2ccccc2Br)cc1C. The number of rotatable bonds is 3. The first-order valence-electron chi connectivity index (χ1n) is 6.76. The Morgan fingerprint density at radius 1 is 1.18 bits per heavy atom. The average Bonchev–Trinajstić information content (AvgIpc) is 2.50. The third-order valence-electron chi connectivity index (χ3n) is 3.33. The zero-order valence-corrected chi connectivity index (χ0v) is 13.9. The van der Waals surface area contributed by atoms with Crippen molar-refractivity contribution in [1.29, 1.82) is 5.26 Å². The van der Waals surface area contributed by atoms with Crippen molar-refractivity contribution in [2.75, 3.05) is 5.32 Å². The van der Waals surface area contributed by atoms with Gasteiger partial charge in [0.05, 0.1) is 0 Å². The monoisotopic (exact) mass is 354 g/mol. The number of amides is 1. The molecule has 0 saturated carbocycles. The number of hydrogen-bond acceptors (Lipinski definition) is 2. The van der Waals surface area contributed by atoms with Crippen LogP contribution in [0.3, 0.4) is 0 Å². The van der Waals surface area contributed by atoms with Crippen molar-refractivity contribution >= 4 is 33.6 Å². The average molecular weight is 355 g/mol. The largest absolute Gasteiger partial charge is 0.321 e. The number of nitriles is 1. The van der Waals surface area contributed by atoms with E-state index in [4.69, 9.17) is 0 Å². The Bertz CT molecular complexity index is 788. The van der Waals surface area contributed by atoms with Crippen molar-refractivity contribution in [3.63, 3.8) is 0 Å². The molecule has 0 aliphatic rings. The molecule has 0 spiro atoms. The normalized spacial score (nSPS) is 10.9. The number of benzene rings is 2. The van der Waals surface area contributed by atoms with E-state index in [1.165, 1.54) is 0 Å². The van der Waals surface area contributed by atoms with Crippen molar-refractivity contribution in [3.05, 3.63) is 69.2 Å². The number of carbonyl (C=O) groups excluding carboxylic acids is 1. The Kier molecular flexibility index (Phi) is 5.13. The lowest BCUT2D eigenvalue weighted by Crippen LogP contribution is -2.13. The van der Waals surface area contributed by atoms with Gasteiger partial charge in [-0.2, -0.15) is 5.26 Å². The van der Waals surface area contributed by atoms with E-state index in [1.54, 1.807) is 6.08 Å². The molecule has 0 atom stereocenters. The number of carbonyl (C=O) groups is 1. The summed E-state index contributed by atoms with van der Waals surface area (Å²) < 4.78 is 0.835. The van der Waals surface area contributed by atoms with Crippen molar-refractivity contribution in [2.24, 2.45) is 0 Å². The predicted molar refractivity (Wildman–Crippen MR) is 92.3 cm³/mol. The van der Waals surface area contributed by atoms with Crippen LogP contribution in [0.2, 0.25) is 0 Å². The maximum Gasteiger partial charge on any atom is 0.266 e. The van der Waals surface area contributed by atoms with Gasteiger partial charge in [0, 0.05) is 10.2 Å². The molecule has 22 heavy (non-hydrogen) atoms. The lowest BCUT2D eigenvalue weighted by molar-refractivity contribution is -0.112. The van der Waals surface area contributed by atoms with Gasteiger partial charge in [0.15, 0.2) is 0 Å². The second kappa shape index (κ2) is 7.06. The highest BCUT2D eigenvalue weighted by Gasteiger charge is 2.10. The van der Waals surface area contributed by atoms with E-state index in [0.717, 1.165) is 21.2 Å². The molecule has 0 aromatic heterocycles. The summed E-state index contributed by atoms with van der Waals surface area (Å²) in [6.45, 7) is 3.99. The third-order valence-corrected chi connectivity index (χ3v) is 4.06. The van der Waals surface area contributed by atoms with Gasteiger partial charge < -0.3 is 5.32 Å². The van der Waals surface area contributed by atoms with Crippen LogP contribution in [0.15, 0.2) is 52.5 Å². The van der Waals surface area contributed by atoms with Gasteiger partial charge in [-0.1, -0.05) is 40.2 Å². The molecule has 0 aliphatic heterocycles. The molecule has 0 unspecified atom stereocenters. The fourth-order valence-corrected chi connectivity index (χ4v) is 2.31. The molecule has 0 bridgehead atoms. The van der Waals surface area contributed by atoms with Crippen molar-refractivity contribution in [3.8, 4) is 6.07 Å². The summed E-state index contributed by atoms with van der Waals surface area (Å²) in [5.74, 6) is -0.415. The molecule has 0 aliphatic carbocycles. The molecule has 4 heteroatoms. The summed E-state index contributed by atoms with van der Waals surface area (Å²) in [6, 6.07) is 15.0. The first-order valence-corrected chi connectivity index (χ1v) is 7.55. The number of anilines is 1. The molecule has 2 rings (SSSR count). The lowest BCUT2D eigenvalue weighted by atomic mass is 10.1. The van der Waals surface area contributed by atoms with E-state index in [2.05, 4.69) is 21.2 Å². The highest BCUT2D eigenvalue weighted by molar-refractivity contribution is 9.10. The van der Waals surface area contributed by atoms with E-state index in [0.29, 0.717) is 5.69 Å². The van der Waals surface area contributed by atoms with Crippen LogP contribution in [0.5, 0.6) is 0 Å². The first-order chi connectivity index (χ1) is 10.5. The number of hydrogen-bond donors (Lipinski definition) is 1. The molecule has 110 valence electrons. The standard InChI is InChI=1S/C18H15BrN2O/c1-12-7-8-16(9-13(12)2)21-18(22)15(11-20)10-14-5-3-4-6-17(14)19/h3-10H,1-2H3,(H,21,22). The Morgan fingerprint density at radius 2 is 1.91 bits per heavy atom. The zero-order chi connectivity index (χ0) is 16.1. The minimum Gasteiger partial charge on any atom is -0.321 e. The van der Waals surface area contributed by atoms with Crippen LogP contribution in [0.4, 0.5) is 5.69 Å². The molecule has 2 aromatic carbocycles. The second-order valence-corrected chi connectivity index (χ2v) is 5.80. The van der Waals surface area contributed by atoms with E-state index in [9.17, 15) is 10.1 Å². The summed E-state index contributed by atoms with van der Waals surface area (Å²) in [4.78, 5) is 12.2. The van der Waals surface area contributed by atoms with Gasteiger partial charge in [-0.05, 0) is 54.8 Å². The summed E-state index contributed by atoms with van der Waals surface area (Å²) in [5.41, 5.74) is 3.77. The fraction of sp³-hybridized carbons (Fsp3) is 0.111. The van der Waals surface area contributed by atoms with Crippen LogP contribution >= 0.6 is 15.9 Å². The van der Waals surface area contributed by atoms with Crippen LogP contribution in [0.25, 0.3) is 6.08 Å². The number of aryl methyl sites for hydroxylation is 2. The molecule has 2 aromatic rings. The fourth-order valence-electron chi connectivity index (χ4n) is 1.91. The molecule has 1 amide bonds. The third kappa shape index (κ3) is 3.84. The highest BCUT2D eigenvalue weighted by Crippen LogP contribution is 2.20. The van der Waals surface area contributed by atoms with Crippen molar-refractivity contribution in [2.45, 2.75) is 13.8 Å². The summed E-state index contributed by atoms with van der Waals surface area (Å²) in [5, 5.41) is 12.0. The predicted octanol–water partition coefficient (Wildman–Crippen LogP) is 4.61. The summed E-state index contributed by atoms with van der Waals surface area (Å²) in [6.07, 6.45) is 1.57. The minimum atomic E-state index is -0.415. The molecule has 1 N–H and O–H groups in total. The topological polar surface area (TPSA) is 52.9 Å². The summed E-state index contributed by atoms with van der Waals surface area (Å²) in [7, 11) is 0. The van der Waals surface area contributed by atoms with E-state index < -0.39 is 5.91 Å².